The summed E-state index contributed by atoms with van der Waals surface area (Å²) < 4.78 is 0. The van der Waals surface area contributed by atoms with E-state index in [0.29, 0.717) is 30.9 Å². The van der Waals surface area contributed by atoms with Crippen molar-refractivity contribution in [1.82, 2.24) is 9.88 Å². The predicted molar refractivity (Wildman–Crippen MR) is 85.5 cm³/mol. The number of amides is 3. The second-order valence-corrected chi connectivity index (χ2v) is 5.26. The van der Waals surface area contributed by atoms with Gasteiger partial charge >= 0.3 is 12.1 Å². The smallest absolute Gasteiger partial charge is 0.407 e. The number of carbonyl (C=O) groups is 2. The highest BCUT2D eigenvalue weighted by atomic mass is 16.4. The number of anilines is 2. The molecule has 0 unspecified atom stereocenters. The number of urea groups is 1. The lowest BCUT2D eigenvalue weighted by molar-refractivity contribution is 0.140. The fourth-order valence-electron chi connectivity index (χ4n) is 2.52. The third kappa shape index (κ3) is 3.57. The highest BCUT2D eigenvalue weighted by Gasteiger charge is 2.20. The molecule has 0 atom stereocenters. The minimum atomic E-state index is -0.909. The van der Waals surface area contributed by atoms with Gasteiger partial charge in [-0.3, -0.25) is 4.98 Å². The van der Waals surface area contributed by atoms with E-state index >= 15 is 0 Å². The summed E-state index contributed by atoms with van der Waals surface area (Å²) >= 11 is 0. The quantitative estimate of drug-likeness (QED) is 0.794. The van der Waals surface area contributed by atoms with Gasteiger partial charge in [0, 0.05) is 25.0 Å². The predicted octanol–water partition coefficient (Wildman–Crippen LogP) is 2.76. The molecule has 2 aromatic rings. The highest BCUT2D eigenvalue weighted by molar-refractivity contribution is 5.99. The van der Waals surface area contributed by atoms with E-state index in [0.717, 1.165) is 11.1 Å². The van der Waals surface area contributed by atoms with Crippen LogP contribution in [-0.4, -0.2) is 33.7 Å². The zero-order valence-corrected chi connectivity index (χ0v) is 12.3. The highest BCUT2D eigenvalue weighted by Crippen LogP contribution is 2.22. The van der Waals surface area contributed by atoms with Gasteiger partial charge in [-0.05, 0) is 41.8 Å². The van der Waals surface area contributed by atoms with Gasteiger partial charge in [-0.25, -0.2) is 9.59 Å². The third-order valence-corrected chi connectivity index (χ3v) is 3.67. The summed E-state index contributed by atoms with van der Waals surface area (Å²) in [6.07, 6.45) is 2.93. The number of nitrogens with zero attached hydrogens (tertiary/aromatic N) is 2. The van der Waals surface area contributed by atoms with Crippen LogP contribution in [-0.2, 0) is 13.0 Å². The van der Waals surface area contributed by atoms with E-state index in [1.54, 1.807) is 30.6 Å². The molecule has 7 nitrogen and oxygen atoms in total. The number of hydrogen-bond acceptors (Lipinski definition) is 3. The van der Waals surface area contributed by atoms with Gasteiger partial charge in [0.25, 0.3) is 0 Å². The van der Waals surface area contributed by atoms with Crippen LogP contribution in [0.3, 0.4) is 0 Å². The molecule has 3 rings (SSSR count). The summed E-state index contributed by atoms with van der Waals surface area (Å²) in [5, 5.41) is 14.5. The van der Waals surface area contributed by atoms with E-state index in [-0.39, 0.29) is 6.03 Å². The van der Waals surface area contributed by atoms with Crippen LogP contribution in [0.1, 0.15) is 11.1 Å². The third-order valence-electron chi connectivity index (χ3n) is 3.67. The molecule has 3 N–H and O–H groups in total. The van der Waals surface area contributed by atoms with Gasteiger partial charge in [0.15, 0.2) is 0 Å². The Bertz CT molecular complexity index is 733. The summed E-state index contributed by atoms with van der Waals surface area (Å²) in [6.45, 7) is 0.848. The molecule has 0 aliphatic carbocycles. The largest absolute Gasteiger partial charge is 0.465 e. The van der Waals surface area contributed by atoms with Crippen LogP contribution >= 0.6 is 0 Å². The average Bonchev–Trinajstić information content (AvgIpc) is 2.55. The monoisotopic (exact) mass is 312 g/mol. The maximum absolute atomic E-state index is 12.0. The molecule has 2 heterocycles. The van der Waals surface area contributed by atoms with Crippen molar-refractivity contribution in [2.75, 3.05) is 17.2 Å². The number of rotatable bonds is 2. The van der Waals surface area contributed by atoms with Crippen molar-refractivity contribution < 1.29 is 14.7 Å². The van der Waals surface area contributed by atoms with E-state index in [9.17, 15) is 9.59 Å². The Morgan fingerprint density at radius 2 is 1.96 bits per heavy atom. The van der Waals surface area contributed by atoms with Crippen LogP contribution in [0.25, 0.3) is 0 Å². The zero-order valence-electron chi connectivity index (χ0n) is 12.3. The Balaban J connectivity index is 1.66. The SMILES string of the molecule is O=C(Nc1cccnc1)Nc1ccc2c(c1)CCN(C(=O)O)C2. The van der Waals surface area contributed by atoms with Gasteiger partial charge in [0.05, 0.1) is 11.9 Å². The number of carboxylic acid groups (broad SMARTS) is 1. The molecule has 0 spiro atoms. The fraction of sp³-hybridized carbons (Fsp3) is 0.188. The van der Waals surface area contributed by atoms with Crippen molar-refractivity contribution in [2.24, 2.45) is 0 Å². The molecule has 0 radical (unpaired) electrons. The molecule has 118 valence electrons. The summed E-state index contributed by atoms with van der Waals surface area (Å²) in [4.78, 5) is 28.3. The minimum Gasteiger partial charge on any atom is -0.465 e. The van der Waals surface area contributed by atoms with Crippen LogP contribution in [0.2, 0.25) is 0 Å². The van der Waals surface area contributed by atoms with Gasteiger partial charge in [-0.2, -0.15) is 0 Å². The normalized spacial score (nSPS) is 13.1. The molecule has 1 aromatic carbocycles. The molecule has 1 aromatic heterocycles. The molecule has 0 saturated carbocycles. The summed E-state index contributed by atoms with van der Waals surface area (Å²) in [5.74, 6) is 0. The van der Waals surface area contributed by atoms with Crippen LogP contribution in [0, 0.1) is 0 Å². The first kappa shape index (κ1) is 14.8. The Labute approximate surface area is 133 Å². The maximum atomic E-state index is 12.0. The minimum absolute atomic E-state index is 0.346. The summed E-state index contributed by atoms with van der Waals surface area (Å²) in [5.41, 5.74) is 3.31. The molecule has 0 fully saturated rings. The molecule has 7 heteroatoms. The van der Waals surface area contributed by atoms with E-state index in [1.165, 1.54) is 4.90 Å². The Morgan fingerprint density at radius 1 is 1.13 bits per heavy atom. The summed E-state index contributed by atoms with van der Waals surface area (Å²) in [7, 11) is 0. The first-order valence-corrected chi connectivity index (χ1v) is 7.19. The molecule has 1 aliphatic rings. The van der Waals surface area contributed by atoms with Crippen molar-refractivity contribution in [2.45, 2.75) is 13.0 Å². The number of nitrogens with one attached hydrogen (secondary N) is 2. The molecule has 23 heavy (non-hydrogen) atoms. The number of hydrogen-bond donors (Lipinski definition) is 3. The van der Waals surface area contributed by atoms with Gasteiger partial charge in [0.2, 0.25) is 0 Å². The molecule has 0 bridgehead atoms. The second-order valence-electron chi connectivity index (χ2n) is 5.26. The van der Waals surface area contributed by atoms with E-state index < -0.39 is 6.09 Å². The number of fused-ring (bicyclic) bond motifs is 1. The summed E-state index contributed by atoms with van der Waals surface area (Å²) in [6, 6.07) is 8.65. The van der Waals surface area contributed by atoms with E-state index in [2.05, 4.69) is 15.6 Å². The lowest BCUT2D eigenvalue weighted by atomic mass is 9.99. The first-order valence-electron chi connectivity index (χ1n) is 7.19. The van der Waals surface area contributed by atoms with Crippen LogP contribution in [0.5, 0.6) is 0 Å². The van der Waals surface area contributed by atoms with Crippen LogP contribution in [0.4, 0.5) is 21.0 Å². The van der Waals surface area contributed by atoms with Gasteiger partial charge in [-0.1, -0.05) is 6.07 Å². The van der Waals surface area contributed by atoms with Crippen LogP contribution < -0.4 is 10.6 Å². The molecular weight excluding hydrogens is 296 g/mol. The fourth-order valence-corrected chi connectivity index (χ4v) is 2.52. The topological polar surface area (TPSA) is 94.6 Å². The van der Waals surface area contributed by atoms with Crippen molar-refractivity contribution in [3.63, 3.8) is 0 Å². The molecule has 1 aliphatic heterocycles. The lowest BCUT2D eigenvalue weighted by Crippen LogP contribution is -2.34. The Hall–Kier alpha value is -3.09. The van der Waals surface area contributed by atoms with Crippen LogP contribution in [0.15, 0.2) is 42.7 Å². The maximum Gasteiger partial charge on any atom is 0.407 e. The lowest BCUT2D eigenvalue weighted by Gasteiger charge is -2.26. The van der Waals surface area contributed by atoms with E-state index in [4.69, 9.17) is 5.11 Å². The molecular formula is C16H16N4O3. The van der Waals surface area contributed by atoms with Gasteiger partial charge in [0.1, 0.15) is 0 Å². The van der Waals surface area contributed by atoms with E-state index in [1.807, 2.05) is 12.1 Å². The second kappa shape index (κ2) is 6.35. The van der Waals surface area contributed by atoms with Gasteiger partial charge in [-0.15, -0.1) is 0 Å². The Morgan fingerprint density at radius 3 is 2.70 bits per heavy atom. The molecule has 3 amide bonds. The average molecular weight is 312 g/mol. The number of pyridine rings is 1. The first-order chi connectivity index (χ1) is 11.1. The van der Waals surface area contributed by atoms with Crippen molar-refractivity contribution in [1.29, 1.82) is 0 Å². The van der Waals surface area contributed by atoms with Crippen molar-refractivity contribution in [3.05, 3.63) is 53.9 Å². The van der Waals surface area contributed by atoms with Crippen molar-refractivity contribution >= 4 is 23.5 Å². The Kier molecular flexibility index (Phi) is 4.09. The van der Waals surface area contributed by atoms with Gasteiger partial charge < -0.3 is 20.6 Å². The molecule has 0 saturated heterocycles. The number of carbonyl (C=O) groups excluding carboxylic acids is 1. The number of aromatic nitrogens is 1. The van der Waals surface area contributed by atoms with Crippen molar-refractivity contribution in [3.8, 4) is 0 Å². The number of benzene rings is 1. The zero-order chi connectivity index (χ0) is 16.2. The standard InChI is InChI=1S/C16H16N4O3/c21-15(19-14-2-1-6-17-9-14)18-13-4-3-12-10-20(16(22)23)7-5-11(12)8-13/h1-4,6,8-9H,5,7,10H2,(H,22,23)(H2,18,19,21).